The van der Waals surface area contributed by atoms with Gasteiger partial charge in [-0.1, -0.05) is 40.0 Å². The summed E-state index contributed by atoms with van der Waals surface area (Å²) in [5, 5.41) is 9.26. The van der Waals surface area contributed by atoms with Crippen molar-refractivity contribution in [2.45, 2.75) is 52.9 Å². The van der Waals surface area contributed by atoms with Crippen molar-refractivity contribution in [2.24, 2.45) is 22.7 Å². The zero-order valence-corrected chi connectivity index (χ0v) is 10.0. The maximum Gasteiger partial charge on any atom is 0.307 e. The van der Waals surface area contributed by atoms with Gasteiger partial charge in [0, 0.05) is 0 Å². The van der Waals surface area contributed by atoms with Gasteiger partial charge in [-0.2, -0.15) is 0 Å². The summed E-state index contributed by atoms with van der Waals surface area (Å²) < 4.78 is 0. The Bertz CT molecular complexity index is 276. The first-order valence-electron chi connectivity index (χ1n) is 6.15. The monoisotopic (exact) mass is 210 g/mol. The van der Waals surface area contributed by atoms with Crippen molar-refractivity contribution < 1.29 is 9.90 Å². The highest BCUT2D eigenvalue weighted by Crippen LogP contribution is 2.73. The van der Waals surface area contributed by atoms with Crippen LogP contribution in [0.3, 0.4) is 0 Å². The molecule has 0 radical (unpaired) electrons. The Morgan fingerprint density at radius 2 is 1.67 bits per heavy atom. The van der Waals surface area contributed by atoms with Gasteiger partial charge < -0.3 is 5.11 Å². The third-order valence-corrected chi connectivity index (χ3v) is 5.33. The molecule has 0 aromatic heterocycles. The molecule has 2 unspecified atom stereocenters. The Hall–Kier alpha value is -0.530. The van der Waals surface area contributed by atoms with Crippen LogP contribution in [0.2, 0.25) is 0 Å². The van der Waals surface area contributed by atoms with Crippen LogP contribution in [0.15, 0.2) is 0 Å². The summed E-state index contributed by atoms with van der Waals surface area (Å²) in [5.74, 6) is -0.0662. The van der Waals surface area contributed by atoms with Gasteiger partial charge in [-0.25, -0.2) is 0 Å². The van der Waals surface area contributed by atoms with E-state index in [1.54, 1.807) is 0 Å². The fourth-order valence-corrected chi connectivity index (χ4v) is 4.04. The minimum atomic E-state index is -0.590. The van der Waals surface area contributed by atoms with E-state index in [4.69, 9.17) is 0 Å². The van der Waals surface area contributed by atoms with Crippen molar-refractivity contribution in [1.29, 1.82) is 0 Å². The summed E-state index contributed by atoms with van der Waals surface area (Å²) in [6, 6.07) is 0. The lowest BCUT2D eigenvalue weighted by atomic mass is 9.75. The number of carboxylic acid groups (broad SMARTS) is 1. The molecule has 0 amide bonds. The molecule has 2 fully saturated rings. The van der Waals surface area contributed by atoms with Crippen LogP contribution in [0, 0.1) is 22.7 Å². The third kappa shape index (κ3) is 1.33. The van der Waals surface area contributed by atoms with E-state index in [0.29, 0.717) is 5.92 Å². The Labute approximate surface area is 92.1 Å². The van der Waals surface area contributed by atoms with Crippen molar-refractivity contribution in [2.75, 3.05) is 0 Å². The van der Waals surface area contributed by atoms with Gasteiger partial charge in [0.1, 0.15) is 0 Å². The molecule has 86 valence electrons. The van der Waals surface area contributed by atoms with Gasteiger partial charge in [0.25, 0.3) is 0 Å². The molecule has 2 atom stereocenters. The summed E-state index contributed by atoms with van der Waals surface area (Å²) in [4.78, 5) is 11.2. The molecular formula is C13H22O2. The van der Waals surface area contributed by atoms with Crippen LogP contribution in [0.1, 0.15) is 52.9 Å². The minimum Gasteiger partial charge on any atom is -0.481 e. The molecule has 0 aromatic carbocycles. The van der Waals surface area contributed by atoms with Gasteiger partial charge in [0.15, 0.2) is 0 Å². The highest BCUT2D eigenvalue weighted by molar-refractivity contribution is 5.77. The van der Waals surface area contributed by atoms with Gasteiger partial charge >= 0.3 is 5.97 Å². The molecule has 0 bridgehead atoms. The van der Waals surface area contributed by atoms with Gasteiger partial charge in [0.05, 0.1) is 5.92 Å². The fourth-order valence-electron chi connectivity index (χ4n) is 4.04. The van der Waals surface area contributed by atoms with E-state index in [-0.39, 0.29) is 16.7 Å². The lowest BCUT2D eigenvalue weighted by Crippen LogP contribution is -2.22. The molecule has 0 heterocycles. The number of aliphatic carboxylic acids is 1. The molecule has 15 heavy (non-hydrogen) atoms. The average Bonchev–Trinajstić information content (AvgIpc) is 2.64. The Balaban J connectivity index is 2.17. The van der Waals surface area contributed by atoms with Gasteiger partial charge in [-0.3, -0.25) is 4.79 Å². The first-order chi connectivity index (χ1) is 6.92. The lowest BCUT2D eigenvalue weighted by Gasteiger charge is -2.30. The van der Waals surface area contributed by atoms with Gasteiger partial charge in [-0.05, 0) is 29.6 Å². The van der Waals surface area contributed by atoms with Crippen LogP contribution in [-0.4, -0.2) is 11.1 Å². The van der Waals surface area contributed by atoms with E-state index in [1.165, 1.54) is 32.1 Å². The highest BCUT2D eigenvalue weighted by atomic mass is 16.4. The predicted octanol–water partition coefficient (Wildman–Crippen LogP) is 3.31. The molecule has 0 aliphatic heterocycles. The molecule has 0 aromatic rings. The maximum atomic E-state index is 11.2. The number of hydrogen-bond acceptors (Lipinski definition) is 1. The van der Waals surface area contributed by atoms with Gasteiger partial charge in [0.2, 0.25) is 0 Å². The lowest BCUT2D eigenvalue weighted by molar-refractivity contribution is -0.140. The molecule has 2 heteroatoms. The predicted molar refractivity (Wildman–Crippen MR) is 59.6 cm³/mol. The second-order valence-electron chi connectivity index (χ2n) is 6.11. The van der Waals surface area contributed by atoms with E-state index in [1.807, 2.05) is 0 Å². The summed E-state index contributed by atoms with van der Waals surface area (Å²) >= 11 is 0. The van der Waals surface area contributed by atoms with E-state index in [0.717, 1.165) is 0 Å². The third-order valence-electron chi connectivity index (χ3n) is 5.33. The zero-order chi connectivity index (χ0) is 11.3. The first-order valence-corrected chi connectivity index (χ1v) is 6.15. The van der Waals surface area contributed by atoms with Crippen LogP contribution in [0.4, 0.5) is 0 Å². The summed E-state index contributed by atoms with van der Waals surface area (Å²) in [6.07, 6.45) is 6.41. The molecule has 2 aliphatic rings. The van der Waals surface area contributed by atoms with E-state index in [2.05, 4.69) is 20.8 Å². The second-order valence-corrected chi connectivity index (χ2v) is 6.11. The molecule has 2 aliphatic carbocycles. The first kappa shape index (κ1) is 11.0. The Kier molecular flexibility index (Phi) is 2.36. The Morgan fingerprint density at radius 1 is 1.13 bits per heavy atom. The smallest absolute Gasteiger partial charge is 0.307 e. The number of carbonyl (C=O) groups is 1. The van der Waals surface area contributed by atoms with Crippen molar-refractivity contribution in [3.05, 3.63) is 0 Å². The average molecular weight is 210 g/mol. The van der Waals surface area contributed by atoms with E-state index in [9.17, 15) is 9.90 Å². The SMILES string of the molecule is CC1(C)C(C(=O)O)C1(C)C1CCCCC1. The van der Waals surface area contributed by atoms with Crippen molar-refractivity contribution in [1.82, 2.24) is 0 Å². The van der Waals surface area contributed by atoms with Crippen LogP contribution in [0.25, 0.3) is 0 Å². The summed E-state index contributed by atoms with van der Waals surface area (Å²) in [7, 11) is 0. The van der Waals surface area contributed by atoms with Crippen LogP contribution >= 0.6 is 0 Å². The largest absolute Gasteiger partial charge is 0.481 e. The maximum absolute atomic E-state index is 11.2. The second kappa shape index (κ2) is 3.23. The molecule has 1 N–H and O–H groups in total. The van der Waals surface area contributed by atoms with Crippen molar-refractivity contribution in [3.63, 3.8) is 0 Å². The van der Waals surface area contributed by atoms with Gasteiger partial charge in [-0.15, -0.1) is 0 Å². The molecule has 2 saturated carbocycles. The molecule has 2 rings (SSSR count). The van der Waals surface area contributed by atoms with Crippen LogP contribution in [0.5, 0.6) is 0 Å². The quantitative estimate of drug-likeness (QED) is 0.759. The normalized spacial score (nSPS) is 40.1. The summed E-state index contributed by atoms with van der Waals surface area (Å²) in [5.41, 5.74) is 0.0556. The van der Waals surface area contributed by atoms with Crippen LogP contribution in [-0.2, 0) is 4.79 Å². The van der Waals surface area contributed by atoms with E-state index >= 15 is 0 Å². The number of carboxylic acids is 1. The van der Waals surface area contributed by atoms with E-state index < -0.39 is 5.97 Å². The Morgan fingerprint density at radius 3 is 2.07 bits per heavy atom. The fraction of sp³-hybridized carbons (Fsp3) is 0.923. The number of hydrogen-bond donors (Lipinski definition) is 1. The minimum absolute atomic E-state index is 0.000833. The van der Waals surface area contributed by atoms with Crippen LogP contribution < -0.4 is 0 Å². The number of rotatable bonds is 2. The zero-order valence-electron chi connectivity index (χ0n) is 10.0. The van der Waals surface area contributed by atoms with Crippen molar-refractivity contribution >= 4 is 5.97 Å². The summed E-state index contributed by atoms with van der Waals surface area (Å²) in [6.45, 7) is 6.45. The molecule has 0 saturated heterocycles. The molecular weight excluding hydrogens is 188 g/mol. The molecule has 0 spiro atoms. The topological polar surface area (TPSA) is 37.3 Å². The standard InChI is InChI=1S/C13H22O2/c1-12(2)10(11(14)15)13(12,3)9-7-5-4-6-8-9/h9-10H,4-8H2,1-3H3,(H,14,15). The highest BCUT2D eigenvalue weighted by Gasteiger charge is 2.73. The molecule has 2 nitrogen and oxygen atoms in total. The van der Waals surface area contributed by atoms with Crippen molar-refractivity contribution in [3.8, 4) is 0 Å².